The number of amides is 1. The largest absolute Gasteiger partial charge is 0.497 e. The molecule has 0 aliphatic heterocycles. The van der Waals surface area contributed by atoms with E-state index in [2.05, 4.69) is 5.32 Å². The fourth-order valence-electron chi connectivity index (χ4n) is 3.53. The van der Waals surface area contributed by atoms with Gasteiger partial charge in [-0.1, -0.05) is 54.6 Å². The number of ether oxygens (including phenoxy) is 1. The molecule has 3 rings (SSSR count). The molecule has 0 aromatic heterocycles. The zero-order chi connectivity index (χ0) is 22.1. The minimum atomic E-state index is -0.958. The third-order valence-corrected chi connectivity index (χ3v) is 5.27. The van der Waals surface area contributed by atoms with Crippen LogP contribution in [0.5, 0.6) is 5.75 Å². The van der Waals surface area contributed by atoms with Crippen LogP contribution in [0.4, 0.5) is 4.39 Å². The maximum absolute atomic E-state index is 13.3. The smallest absolute Gasteiger partial charge is 0.220 e. The van der Waals surface area contributed by atoms with E-state index in [0.29, 0.717) is 18.4 Å². The second kappa shape index (κ2) is 11.3. The van der Waals surface area contributed by atoms with Crippen molar-refractivity contribution < 1.29 is 19.0 Å². The van der Waals surface area contributed by atoms with Crippen molar-refractivity contribution in [3.05, 3.63) is 101 Å². The number of methoxy groups -OCH3 is 1. The molecule has 3 aromatic carbocycles. The monoisotopic (exact) mass is 421 g/mol. The molecule has 2 N–H and O–H groups in total. The third kappa shape index (κ3) is 6.93. The van der Waals surface area contributed by atoms with Gasteiger partial charge in [-0.2, -0.15) is 0 Å². The number of nitrogens with one attached hydrogen (secondary N) is 1. The number of benzene rings is 3. The highest BCUT2D eigenvalue weighted by atomic mass is 19.1. The Kier molecular flexibility index (Phi) is 8.19. The van der Waals surface area contributed by atoms with Gasteiger partial charge in [0.2, 0.25) is 5.91 Å². The molecule has 3 aromatic rings. The van der Waals surface area contributed by atoms with Crippen molar-refractivity contribution in [2.45, 2.75) is 37.8 Å². The van der Waals surface area contributed by atoms with Gasteiger partial charge in [0.25, 0.3) is 0 Å². The lowest BCUT2D eigenvalue weighted by Crippen LogP contribution is -2.41. The van der Waals surface area contributed by atoms with E-state index in [1.54, 1.807) is 19.2 Å². The highest BCUT2D eigenvalue weighted by molar-refractivity contribution is 5.76. The molecule has 31 heavy (non-hydrogen) atoms. The zero-order valence-electron chi connectivity index (χ0n) is 17.6. The Morgan fingerprint density at radius 3 is 2.29 bits per heavy atom. The Bertz CT molecular complexity index is 943. The van der Waals surface area contributed by atoms with Crippen LogP contribution in [0.2, 0.25) is 0 Å². The van der Waals surface area contributed by atoms with E-state index in [-0.39, 0.29) is 11.7 Å². The summed E-state index contributed by atoms with van der Waals surface area (Å²) in [6.07, 6.45) is 1.38. The standard InChI is InChI=1S/C26H28FNO3/c1-31-23-16-10-20(11-17-23)18-24(26(30)21-12-14-22(27)15-13-21)28-25(29)9-5-8-19-6-3-2-4-7-19/h2-4,6-7,10-17,24,26,30H,5,8-9,18H2,1H3,(H,28,29). The van der Waals surface area contributed by atoms with E-state index < -0.39 is 12.1 Å². The van der Waals surface area contributed by atoms with Crippen LogP contribution in [-0.4, -0.2) is 24.2 Å². The average Bonchev–Trinajstić information content (AvgIpc) is 2.80. The zero-order valence-corrected chi connectivity index (χ0v) is 17.6. The van der Waals surface area contributed by atoms with Gasteiger partial charge < -0.3 is 15.2 Å². The minimum absolute atomic E-state index is 0.115. The molecular formula is C26H28FNO3. The predicted molar refractivity (Wildman–Crippen MR) is 119 cm³/mol. The molecule has 0 aliphatic rings. The lowest BCUT2D eigenvalue weighted by atomic mass is 9.95. The summed E-state index contributed by atoms with van der Waals surface area (Å²) >= 11 is 0. The van der Waals surface area contributed by atoms with Crippen molar-refractivity contribution in [2.24, 2.45) is 0 Å². The summed E-state index contributed by atoms with van der Waals surface area (Å²) in [7, 11) is 1.60. The molecule has 4 nitrogen and oxygen atoms in total. The second-order valence-corrected chi connectivity index (χ2v) is 7.56. The Labute approximate surface area is 182 Å². The topological polar surface area (TPSA) is 58.6 Å². The van der Waals surface area contributed by atoms with E-state index >= 15 is 0 Å². The number of hydrogen-bond donors (Lipinski definition) is 2. The first-order valence-corrected chi connectivity index (χ1v) is 10.4. The molecule has 0 radical (unpaired) electrons. The summed E-state index contributed by atoms with van der Waals surface area (Å²) in [5.74, 6) is 0.257. The fraction of sp³-hybridized carbons (Fsp3) is 0.269. The van der Waals surface area contributed by atoms with E-state index in [9.17, 15) is 14.3 Å². The molecule has 0 heterocycles. The van der Waals surface area contributed by atoms with Gasteiger partial charge >= 0.3 is 0 Å². The number of carbonyl (C=O) groups is 1. The SMILES string of the molecule is COc1ccc(CC(NC(=O)CCCc2ccccc2)C(O)c2ccc(F)cc2)cc1. The van der Waals surface area contributed by atoms with Gasteiger partial charge in [-0.25, -0.2) is 4.39 Å². The number of aryl methyl sites for hydroxylation is 1. The lowest BCUT2D eigenvalue weighted by molar-refractivity contribution is -0.122. The summed E-state index contributed by atoms with van der Waals surface area (Å²) in [6.45, 7) is 0. The minimum Gasteiger partial charge on any atom is -0.497 e. The molecule has 0 aliphatic carbocycles. The molecule has 2 unspecified atom stereocenters. The van der Waals surface area contributed by atoms with Gasteiger partial charge in [0.05, 0.1) is 19.3 Å². The summed E-state index contributed by atoms with van der Waals surface area (Å²) in [4.78, 5) is 12.6. The summed E-state index contributed by atoms with van der Waals surface area (Å²) in [6, 6.07) is 22.7. The van der Waals surface area contributed by atoms with Gasteiger partial charge in [-0.05, 0) is 60.2 Å². The quantitative estimate of drug-likeness (QED) is 0.502. The molecule has 0 fully saturated rings. The van der Waals surface area contributed by atoms with Crippen molar-refractivity contribution in [3.63, 3.8) is 0 Å². The normalized spacial score (nSPS) is 12.7. The summed E-state index contributed by atoms with van der Waals surface area (Å²) < 4.78 is 18.5. The van der Waals surface area contributed by atoms with Gasteiger partial charge in [0.15, 0.2) is 0 Å². The fourth-order valence-corrected chi connectivity index (χ4v) is 3.53. The van der Waals surface area contributed by atoms with Crippen LogP contribution in [-0.2, 0) is 17.6 Å². The molecule has 0 spiro atoms. The van der Waals surface area contributed by atoms with Gasteiger partial charge in [0.1, 0.15) is 11.6 Å². The van der Waals surface area contributed by atoms with Crippen LogP contribution in [0.25, 0.3) is 0 Å². The highest BCUT2D eigenvalue weighted by Crippen LogP contribution is 2.22. The van der Waals surface area contributed by atoms with E-state index in [4.69, 9.17) is 4.74 Å². The Balaban J connectivity index is 1.66. The number of aliphatic hydroxyl groups excluding tert-OH is 1. The number of halogens is 1. The molecule has 5 heteroatoms. The lowest BCUT2D eigenvalue weighted by Gasteiger charge is -2.25. The number of aliphatic hydroxyl groups is 1. The van der Waals surface area contributed by atoms with Crippen molar-refractivity contribution in [2.75, 3.05) is 7.11 Å². The van der Waals surface area contributed by atoms with E-state index in [0.717, 1.165) is 24.2 Å². The summed E-state index contributed by atoms with van der Waals surface area (Å²) in [5, 5.41) is 13.9. The number of rotatable bonds is 10. The predicted octanol–water partition coefficient (Wildman–Crippen LogP) is 4.62. The van der Waals surface area contributed by atoms with Crippen LogP contribution >= 0.6 is 0 Å². The van der Waals surface area contributed by atoms with Gasteiger partial charge in [-0.3, -0.25) is 4.79 Å². The van der Waals surface area contributed by atoms with Crippen molar-refractivity contribution in [1.82, 2.24) is 5.32 Å². The maximum Gasteiger partial charge on any atom is 0.220 e. The second-order valence-electron chi connectivity index (χ2n) is 7.56. The molecule has 1 amide bonds. The Hall–Kier alpha value is -3.18. The van der Waals surface area contributed by atoms with Crippen molar-refractivity contribution in [3.8, 4) is 5.75 Å². The number of carbonyl (C=O) groups excluding carboxylic acids is 1. The molecule has 0 saturated carbocycles. The van der Waals surface area contributed by atoms with Gasteiger partial charge in [-0.15, -0.1) is 0 Å². The van der Waals surface area contributed by atoms with Crippen molar-refractivity contribution >= 4 is 5.91 Å². The molecule has 0 saturated heterocycles. The van der Waals surface area contributed by atoms with Crippen LogP contribution in [0.3, 0.4) is 0 Å². The third-order valence-electron chi connectivity index (χ3n) is 5.27. The first kappa shape index (κ1) is 22.5. The van der Waals surface area contributed by atoms with Gasteiger partial charge in [0, 0.05) is 6.42 Å². The molecule has 0 bridgehead atoms. The Morgan fingerprint density at radius 2 is 1.65 bits per heavy atom. The van der Waals surface area contributed by atoms with Crippen LogP contribution < -0.4 is 10.1 Å². The Morgan fingerprint density at radius 1 is 0.968 bits per heavy atom. The van der Waals surface area contributed by atoms with E-state index in [1.165, 1.54) is 17.7 Å². The van der Waals surface area contributed by atoms with Crippen LogP contribution in [0.15, 0.2) is 78.9 Å². The van der Waals surface area contributed by atoms with Crippen molar-refractivity contribution in [1.29, 1.82) is 0 Å². The van der Waals surface area contributed by atoms with E-state index in [1.807, 2.05) is 54.6 Å². The first-order chi connectivity index (χ1) is 15.0. The highest BCUT2D eigenvalue weighted by Gasteiger charge is 2.23. The number of hydrogen-bond acceptors (Lipinski definition) is 3. The average molecular weight is 422 g/mol. The molecular weight excluding hydrogens is 393 g/mol. The first-order valence-electron chi connectivity index (χ1n) is 10.4. The molecule has 162 valence electrons. The summed E-state index contributed by atoms with van der Waals surface area (Å²) in [5.41, 5.74) is 2.71. The van der Waals surface area contributed by atoms with Crippen LogP contribution in [0.1, 0.15) is 35.6 Å². The maximum atomic E-state index is 13.3. The molecule has 2 atom stereocenters. The van der Waals surface area contributed by atoms with Crippen LogP contribution in [0, 0.1) is 5.82 Å².